The van der Waals surface area contributed by atoms with Crippen molar-refractivity contribution in [1.29, 1.82) is 0 Å². The van der Waals surface area contributed by atoms with Crippen molar-refractivity contribution in [3.8, 4) is 5.75 Å². The molecule has 106 valence electrons. The molecule has 0 amide bonds. The van der Waals surface area contributed by atoms with Gasteiger partial charge in [-0.3, -0.25) is 4.98 Å². The van der Waals surface area contributed by atoms with Crippen molar-refractivity contribution in [3.05, 3.63) is 18.5 Å². The van der Waals surface area contributed by atoms with Gasteiger partial charge in [0, 0.05) is 25.7 Å². The summed E-state index contributed by atoms with van der Waals surface area (Å²) in [6.07, 6.45) is 8.50. The van der Waals surface area contributed by atoms with Gasteiger partial charge in [-0.1, -0.05) is 19.8 Å². The maximum absolute atomic E-state index is 5.77. The lowest BCUT2D eigenvalue weighted by atomic mass is 10.3. The Morgan fingerprint density at radius 3 is 3.11 bits per heavy atom. The first kappa shape index (κ1) is 14.1. The third kappa shape index (κ3) is 4.71. The number of nitrogens with zero attached hydrogens (tertiary/aromatic N) is 2. The summed E-state index contributed by atoms with van der Waals surface area (Å²) in [5.41, 5.74) is 1.18. The average Bonchev–Trinajstić information content (AvgIpc) is 2.73. The van der Waals surface area contributed by atoms with E-state index in [1.54, 1.807) is 0 Å². The number of anilines is 1. The zero-order chi connectivity index (χ0) is 13.3. The fraction of sp³-hybridized carbons (Fsp3) is 0.667. The Kier molecular flexibility index (Phi) is 5.95. The van der Waals surface area contributed by atoms with Crippen molar-refractivity contribution in [3.63, 3.8) is 0 Å². The van der Waals surface area contributed by atoms with E-state index in [1.807, 2.05) is 12.4 Å². The van der Waals surface area contributed by atoms with Gasteiger partial charge < -0.3 is 15.0 Å². The van der Waals surface area contributed by atoms with Crippen LogP contribution in [0.3, 0.4) is 0 Å². The van der Waals surface area contributed by atoms with Gasteiger partial charge >= 0.3 is 0 Å². The van der Waals surface area contributed by atoms with Crippen LogP contribution in [0.15, 0.2) is 18.5 Å². The monoisotopic (exact) mass is 263 g/mol. The van der Waals surface area contributed by atoms with E-state index >= 15 is 0 Å². The third-order valence-corrected chi connectivity index (χ3v) is 3.42. The molecule has 1 aliphatic rings. The zero-order valence-electron chi connectivity index (χ0n) is 11.9. The molecule has 1 saturated heterocycles. The molecule has 0 radical (unpaired) electrons. The van der Waals surface area contributed by atoms with E-state index in [-0.39, 0.29) is 0 Å². The van der Waals surface area contributed by atoms with Crippen LogP contribution < -0.4 is 15.0 Å². The van der Waals surface area contributed by atoms with Crippen molar-refractivity contribution in [2.45, 2.75) is 32.6 Å². The Morgan fingerprint density at radius 1 is 1.26 bits per heavy atom. The number of hydrogen-bond donors (Lipinski definition) is 1. The number of unbranched alkanes of at least 4 members (excludes halogenated alkanes) is 2. The van der Waals surface area contributed by atoms with Crippen LogP contribution in [-0.4, -0.2) is 37.8 Å². The molecule has 0 bridgehead atoms. The number of aromatic nitrogens is 1. The molecule has 0 saturated carbocycles. The Hall–Kier alpha value is -1.29. The van der Waals surface area contributed by atoms with Gasteiger partial charge in [0.05, 0.1) is 24.7 Å². The third-order valence-electron chi connectivity index (χ3n) is 3.42. The SMILES string of the molecule is CCCCCOc1cncc(N2CCCNCC2)c1. The van der Waals surface area contributed by atoms with Crippen LogP contribution in [0.5, 0.6) is 5.75 Å². The molecule has 0 aromatic carbocycles. The lowest BCUT2D eigenvalue weighted by molar-refractivity contribution is 0.305. The van der Waals surface area contributed by atoms with Crippen molar-refractivity contribution < 1.29 is 4.74 Å². The molecule has 1 N–H and O–H groups in total. The molecule has 0 unspecified atom stereocenters. The number of ether oxygens (including phenoxy) is 1. The number of nitrogens with one attached hydrogen (secondary N) is 1. The molecule has 19 heavy (non-hydrogen) atoms. The molecule has 1 aromatic heterocycles. The van der Waals surface area contributed by atoms with Gasteiger partial charge in [0.2, 0.25) is 0 Å². The van der Waals surface area contributed by atoms with Gasteiger partial charge in [0.15, 0.2) is 0 Å². The Bertz CT molecular complexity index is 362. The summed E-state index contributed by atoms with van der Waals surface area (Å²) in [6.45, 7) is 7.28. The van der Waals surface area contributed by atoms with Gasteiger partial charge in [0.1, 0.15) is 5.75 Å². The molecular formula is C15H25N3O. The van der Waals surface area contributed by atoms with E-state index in [1.165, 1.54) is 24.9 Å². The second-order valence-corrected chi connectivity index (χ2v) is 5.03. The Labute approximate surface area is 116 Å². The predicted molar refractivity (Wildman–Crippen MR) is 79.0 cm³/mol. The first-order chi connectivity index (χ1) is 9.40. The second-order valence-electron chi connectivity index (χ2n) is 5.03. The first-order valence-electron chi connectivity index (χ1n) is 7.43. The topological polar surface area (TPSA) is 37.4 Å². The predicted octanol–water partition coefficient (Wildman–Crippen LogP) is 2.45. The van der Waals surface area contributed by atoms with Crippen LogP contribution in [0.4, 0.5) is 5.69 Å². The zero-order valence-corrected chi connectivity index (χ0v) is 11.9. The first-order valence-corrected chi connectivity index (χ1v) is 7.43. The van der Waals surface area contributed by atoms with Gasteiger partial charge in [0.25, 0.3) is 0 Å². The molecule has 2 rings (SSSR count). The van der Waals surface area contributed by atoms with Crippen LogP contribution in [0, 0.1) is 0 Å². The van der Waals surface area contributed by atoms with Crippen LogP contribution in [-0.2, 0) is 0 Å². The van der Waals surface area contributed by atoms with Crippen LogP contribution in [0.25, 0.3) is 0 Å². The lowest BCUT2D eigenvalue weighted by Crippen LogP contribution is -2.27. The second kappa shape index (κ2) is 8.00. The quantitative estimate of drug-likeness (QED) is 0.800. The maximum Gasteiger partial charge on any atom is 0.139 e. The normalized spacial score (nSPS) is 16.2. The summed E-state index contributed by atoms with van der Waals surface area (Å²) in [6, 6.07) is 2.12. The minimum atomic E-state index is 0.792. The van der Waals surface area contributed by atoms with E-state index in [0.29, 0.717) is 0 Å². The standard InChI is InChI=1S/C15H25N3O/c1-2-3-4-10-19-15-11-14(12-17-13-15)18-8-5-6-16-7-9-18/h11-13,16H,2-10H2,1H3. The van der Waals surface area contributed by atoms with E-state index in [9.17, 15) is 0 Å². The van der Waals surface area contributed by atoms with Gasteiger partial charge in [-0.2, -0.15) is 0 Å². The number of rotatable bonds is 6. The van der Waals surface area contributed by atoms with Crippen LogP contribution in [0.2, 0.25) is 0 Å². The minimum Gasteiger partial charge on any atom is -0.492 e. The van der Waals surface area contributed by atoms with Crippen LogP contribution in [0.1, 0.15) is 32.6 Å². The highest BCUT2D eigenvalue weighted by molar-refractivity contribution is 5.48. The van der Waals surface area contributed by atoms with Crippen LogP contribution >= 0.6 is 0 Å². The minimum absolute atomic E-state index is 0.792. The number of pyridine rings is 1. The fourth-order valence-electron chi connectivity index (χ4n) is 2.31. The van der Waals surface area contributed by atoms with Gasteiger partial charge in [-0.05, 0) is 19.4 Å². The lowest BCUT2D eigenvalue weighted by Gasteiger charge is -2.22. The summed E-state index contributed by atoms with van der Waals surface area (Å²) in [4.78, 5) is 6.68. The number of hydrogen-bond acceptors (Lipinski definition) is 4. The molecule has 4 nitrogen and oxygen atoms in total. The Balaban J connectivity index is 1.90. The summed E-state index contributed by atoms with van der Waals surface area (Å²) in [5.74, 6) is 0.894. The smallest absolute Gasteiger partial charge is 0.139 e. The molecule has 1 aliphatic heterocycles. The highest BCUT2D eigenvalue weighted by atomic mass is 16.5. The van der Waals surface area contributed by atoms with E-state index in [4.69, 9.17) is 4.74 Å². The summed E-state index contributed by atoms with van der Waals surface area (Å²) in [5, 5.41) is 3.42. The van der Waals surface area contributed by atoms with Crippen molar-refractivity contribution in [2.24, 2.45) is 0 Å². The summed E-state index contributed by atoms with van der Waals surface area (Å²) < 4.78 is 5.77. The molecule has 1 aromatic rings. The van der Waals surface area contributed by atoms with Gasteiger partial charge in [-0.25, -0.2) is 0 Å². The van der Waals surface area contributed by atoms with Crippen molar-refractivity contribution >= 4 is 5.69 Å². The molecule has 0 aliphatic carbocycles. The largest absolute Gasteiger partial charge is 0.492 e. The molecular weight excluding hydrogens is 238 g/mol. The Morgan fingerprint density at radius 2 is 2.21 bits per heavy atom. The van der Waals surface area contributed by atoms with E-state index < -0.39 is 0 Å². The molecule has 0 spiro atoms. The maximum atomic E-state index is 5.77. The van der Waals surface area contributed by atoms with E-state index in [0.717, 1.165) is 45.0 Å². The van der Waals surface area contributed by atoms with E-state index in [2.05, 4.69) is 28.2 Å². The fourth-order valence-corrected chi connectivity index (χ4v) is 2.31. The molecule has 0 atom stereocenters. The average molecular weight is 263 g/mol. The highest BCUT2D eigenvalue weighted by Crippen LogP contribution is 2.20. The van der Waals surface area contributed by atoms with Gasteiger partial charge in [-0.15, -0.1) is 0 Å². The molecule has 4 heteroatoms. The van der Waals surface area contributed by atoms with Crippen molar-refractivity contribution in [2.75, 3.05) is 37.7 Å². The summed E-state index contributed by atoms with van der Waals surface area (Å²) in [7, 11) is 0. The highest BCUT2D eigenvalue weighted by Gasteiger charge is 2.10. The molecule has 2 heterocycles. The van der Waals surface area contributed by atoms with Crippen molar-refractivity contribution in [1.82, 2.24) is 10.3 Å². The molecule has 1 fully saturated rings. The summed E-state index contributed by atoms with van der Waals surface area (Å²) >= 11 is 0.